The van der Waals surface area contributed by atoms with Gasteiger partial charge in [0.1, 0.15) is 5.69 Å². The van der Waals surface area contributed by atoms with Crippen molar-refractivity contribution >= 4 is 5.91 Å². The number of amides is 1. The number of hydrogen-bond acceptors (Lipinski definition) is 3. The van der Waals surface area contributed by atoms with Crippen molar-refractivity contribution in [2.75, 3.05) is 0 Å². The molecule has 1 heterocycles. The number of nitrogens with zero attached hydrogens (tertiary/aromatic N) is 2. The smallest absolute Gasteiger partial charge is 0.270 e. The normalized spacial score (nSPS) is 12.6. The largest absolute Gasteiger partial charge is 0.388 e. The Kier molecular flexibility index (Phi) is 3.34. The molecule has 0 radical (unpaired) electrons. The van der Waals surface area contributed by atoms with Gasteiger partial charge in [-0.2, -0.15) is 5.10 Å². The number of rotatable bonds is 3. The van der Waals surface area contributed by atoms with E-state index in [-0.39, 0.29) is 5.91 Å². The molecule has 2 N–H and O–H groups in total. The van der Waals surface area contributed by atoms with Crippen LogP contribution in [-0.4, -0.2) is 31.9 Å². The summed E-state index contributed by atoms with van der Waals surface area (Å²) in [6.07, 6.45) is 0. The van der Waals surface area contributed by atoms with Crippen molar-refractivity contribution in [1.29, 1.82) is 0 Å². The van der Waals surface area contributed by atoms with Gasteiger partial charge in [0.15, 0.2) is 0 Å². The van der Waals surface area contributed by atoms with Gasteiger partial charge < -0.3 is 10.4 Å². The predicted octanol–water partition coefficient (Wildman–Crippen LogP) is 1.01. The van der Waals surface area contributed by atoms with Crippen LogP contribution in [0, 0.1) is 6.92 Å². The van der Waals surface area contributed by atoms with Gasteiger partial charge in [0.05, 0.1) is 16.8 Å². The topological polar surface area (TPSA) is 67.2 Å². The zero-order valence-electron chi connectivity index (χ0n) is 11.3. The molecule has 1 amide bonds. The Bertz CT molecular complexity index is 427. The molecule has 0 atom stereocenters. The molecule has 1 aromatic heterocycles. The number of hydrogen-bond donors (Lipinski definition) is 2. The fourth-order valence-electron chi connectivity index (χ4n) is 1.32. The third-order valence-electron chi connectivity index (χ3n) is 3.19. The first-order chi connectivity index (χ1) is 7.54. The molecule has 17 heavy (non-hydrogen) atoms. The SMILES string of the molecule is Cc1cc(C(=O)NC(C)(C)C(C)(C)O)n(C)n1. The van der Waals surface area contributed by atoms with E-state index in [0.29, 0.717) is 5.69 Å². The van der Waals surface area contributed by atoms with E-state index in [9.17, 15) is 9.90 Å². The summed E-state index contributed by atoms with van der Waals surface area (Å²) in [4.78, 5) is 12.1. The summed E-state index contributed by atoms with van der Waals surface area (Å²) in [7, 11) is 1.72. The van der Waals surface area contributed by atoms with Crippen LogP contribution < -0.4 is 5.32 Å². The molecule has 0 fully saturated rings. The molecular formula is C12H21N3O2. The molecule has 5 heteroatoms. The monoisotopic (exact) mass is 239 g/mol. The zero-order chi connectivity index (χ0) is 13.4. The summed E-state index contributed by atoms with van der Waals surface area (Å²) in [5.41, 5.74) is -0.447. The minimum Gasteiger partial charge on any atom is -0.388 e. The van der Waals surface area contributed by atoms with Crippen molar-refractivity contribution < 1.29 is 9.90 Å². The number of aromatic nitrogens is 2. The minimum atomic E-state index is -1.00. The molecule has 5 nitrogen and oxygen atoms in total. The second kappa shape index (κ2) is 4.14. The van der Waals surface area contributed by atoms with Crippen molar-refractivity contribution in [3.8, 4) is 0 Å². The number of carbonyl (C=O) groups excluding carboxylic acids is 1. The van der Waals surface area contributed by atoms with Crippen molar-refractivity contribution in [3.63, 3.8) is 0 Å². The van der Waals surface area contributed by atoms with Crippen LogP contribution in [0.3, 0.4) is 0 Å². The predicted molar refractivity (Wildman–Crippen MR) is 65.8 cm³/mol. The van der Waals surface area contributed by atoms with Crippen LogP contribution in [0.15, 0.2) is 6.07 Å². The van der Waals surface area contributed by atoms with Crippen LogP contribution >= 0.6 is 0 Å². The van der Waals surface area contributed by atoms with E-state index in [0.717, 1.165) is 5.69 Å². The quantitative estimate of drug-likeness (QED) is 0.827. The van der Waals surface area contributed by atoms with Crippen LogP contribution in [0.2, 0.25) is 0 Å². The highest BCUT2D eigenvalue weighted by molar-refractivity contribution is 5.93. The molecule has 1 aromatic rings. The fourth-order valence-corrected chi connectivity index (χ4v) is 1.32. The third kappa shape index (κ3) is 2.85. The first-order valence-electron chi connectivity index (χ1n) is 5.60. The summed E-state index contributed by atoms with van der Waals surface area (Å²) in [5.74, 6) is -0.236. The lowest BCUT2D eigenvalue weighted by Gasteiger charge is -2.37. The van der Waals surface area contributed by atoms with Crippen LogP contribution in [0.5, 0.6) is 0 Å². The number of aliphatic hydroxyl groups is 1. The summed E-state index contributed by atoms with van der Waals surface area (Å²) in [6.45, 7) is 8.74. The number of nitrogens with one attached hydrogen (secondary N) is 1. The molecular weight excluding hydrogens is 218 g/mol. The maximum absolute atomic E-state index is 12.1. The van der Waals surface area contributed by atoms with Crippen LogP contribution in [0.4, 0.5) is 0 Å². The van der Waals surface area contributed by atoms with Crippen molar-refractivity contribution in [2.24, 2.45) is 7.05 Å². The van der Waals surface area contributed by atoms with Gasteiger partial charge in [0, 0.05) is 7.05 Å². The van der Waals surface area contributed by atoms with Gasteiger partial charge in [-0.3, -0.25) is 9.48 Å². The molecule has 0 aliphatic heterocycles. The van der Waals surface area contributed by atoms with Gasteiger partial charge in [-0.15, -0.1) is 0 Å². The highest BCUT2D eigenvalue weighted by Crippen LogP contribution is 2.21. The van der Waals surface area contributed by atoms with Gasteiger partial charge in [-0.05, 0) is 40.7 Å². The summed E-state index contributed by atoms with van der Waals surface area (Å²) in [5, 5.41) is 16.9. The van der Waals surface area contributed by atoms with Crippen molar-refractivity contribution in [1.82, 2.24) is 15.1 Å². The van der Waals surface area contributed by atoms with E-state index >= 15 is 0 Å². The van der Waals surface area contributed by atoms with Crippen LogP contribution in [-0.2, 0) is 7.05 Å². The Labute approximate surface area is 102 Å². The highest BCUT2D eigenvalue weighted by Gasteiger charge is 2.36. The maximum Gasteiger partial charge on any atom is 0.270 e. The first kappa shape index (κ1) is 13.7. The second-order valence-electron chi connectivity index (χ2n) is 5.43. The van der Waals surface area contributed by atoms with E-state index in [2.05, 4.69) is 10.4 Å². The molecule has 0 unspecified atom stereocenters. The van der Waals surface area contributed by atoms with Crippen LogP contribution in [0.1, 0.15) is 43.9 Å². The molecule has 1 rings (SSSR count). The van der Waals surface area contributed by atoms with Gasteiger partial charge in [0.2, 0.25) is 0 Å². The molecule has 0 aliphatic rings. The summed E-state index contributed by atoms with van der Waals surface area (Å²) < 4.78 is 1.53. The molecule has 0 aliphatic carbocycles. The molecule has 0 aromatic carbocycles. The highest BCUT2D eigenvalue weighted by atomic mass is 16.3. The molecule has 0 saturated carbocycles. The zero-order valence-corrected chi connectivity index (χ0v) is 11.3. The van der Waals surface area contributed by atoms with Gasteiger partial charge in [0.25, 0.3) is 5.91 Å². The lowest BCUT2D eigenvalue weighted by atomic mass is 9.86. The van der Waals surface area contributed by atoms with Gasteiger partial charge in [-0.25, -0.2) is 0 Å². The Hall–Kier alpha value is -1.36. The Morgan fingerprint density at radius 3 is 2.29 bits per heavy atom. The summed E-state index contributed by atoms with van der Waals surface area (Å²) in [6, 6.07) is 1.72. The lowest BCUT2D eigenvalue weighted by molar-refractivity contribution is -0.00310. The average Bonchev–Trinajstić information content (AvgIpc) is 2.42. The van der Waals surface area contributed by atoms with E-state index in [1.165, 1.54) is 4.68 Å². The average molecular weight is 239 g/mol. The lowest BCUT2D eigenvalue weighted by Crippen LogP contribution is -2.57. The van der Waals surface area contributed by atoms with E-state index in [4.69, 9.17) is 0 Å². The van der Waals surface area contributed by atoms with Crippen LogP contribution in [0.25, 0.3) is 0 Å². The Balaban J connectivity index is 2.91. The van der Waals surface area contributed by atoms with E-state index in [1.54, 1.807) is 40.8 Å². The fraction of sp³-hybridized carbons (Fsp3) is 0.667. The Morgan fingerprint density at radius 1 is 1.41 bits per heavy atom. The first-order valence-corrected chi connectivity index (χ1v) is 5.60. The molecule has 0 saturated heterocycles. The summed E-state index contributed by atoms with van der Waals surface area (Å²) >= 11 is 0. The second-order valence-corrected chi connectivity index (χ2v) is 5.43. The molecule has 0 spiro atoms. The maximum atomic E-state index is 12.1. The van der Waals surface area contributed by atoms with Crippen molar-refractivity contribution in [2.45, 2.75) is 45.8 Å². The third-order valence-corrected chi connectivity index (χ3v) is 3.19. The van der Waals surface area contributed by atoms with E-state index < -0.39 is 11.1 Å². The molecule has 0 bridgehead atoms. The Morgan fingerprint density at radius 2 is 1.94 bits per heavy atom. The van der Waals surface area contributed by atoms with Crippen molar-refractivity contribution in [3.05, 3.63) is 17.5 Å². The van der Waals surface area contributed by atoms with Gasteiger partial charge >= 0.3 is 0 Å². The van der Waals surface area contributed by atoms with E-state index in [1.807, 2.05) is 6.92 Å². The number of carbonyl (C=O) groups is 1. The van der Waals surface area contributed by atoms with Gasteiger partial charge in [-0.1, -0.05) is 0 Å². The molecule has 96 valence electrons. The minimum absolute atomic E-state index is 0.236. The standard InChI is InChI=1S/C12H21N3O2/c1-8-7-9(15(6)14-8)10(16)13-11(2,3)12(4,5)17/h7,17H,1-6H3,(H,13,16). The number of aryl methyl sites for hydroxylation is 2.